The maximum Gasteiger partial charge on any atom is 0.407 e. The van der Waals surface area contributed by atoms with Gasteiger partial charge in [0.15, 0.2) is 5.96 Å². The molecule has 1 saturated heterocycles. The van der Waals surface area contributed by atoms with Gasteiger partial charge in [0.25, 0.3) is 0 Å². The van der Waals surface area contributed by atoms with E-state index in [4.69, 9.17) is 9.73 Å². The molecule has 1 heterocycles. The van der Waals surface area contributed by atoms with Crippen LogP contribution in [0.2, 0.25) is 0 Å². The van der Waals surface area contributed by atoms with Crippen molar-refractivity contribution >= 4 is 36.0 Å². The Morgan fingerprint density at radius 3 is 2.29 bits per heavy atom. The molecule has 7 heteroatoms. The van der Waals surface area contributed by atoms with Crippen LogP contribution in [0.3, 0.4) is 0 Å². The molecule has 2 N–H and O–H groups in total. The molecule has 1 unspecified atom stereocenters. The number of nitrogens with one attached hydrogen (secondary N) is 2. The Labute approximate surface area is 164 Å². The van der Waals surface area contributed by atoms with Gasteiger partial charge in [-0.3, -0.25) is 4.99 Å². The van der Waals surface area contributed by atoms with Gasteiger partial charge in [0.1, 0.15) is 5.60 Å². The summed E-state index contributed by atoms with van der Waals surface area (Å²) >= 11 is 0. The highest BCUT2D eigenvalue weighted by atomic mass is 127. The largest absolute Gasteiger partial charge is 0.444 e. The van der Waals surface area contributed by atoms with Crippen molar-refractivity contribution in [2.75, 3.05) is 26.2 Å². The summed E-state index contributed by atoms with van der Waals surface area (Å²) in [4.78, 5) is 19.0. The molecule has 1 aliphatic rings. The van der Waals surface area contributed by atoms with Crippen molar-refractivity contribution in [1.82, 2.24) is 15.5 Å². The van der Waals surface area contributed by atoms with E-state index < -0.39 is 5.60 Å². The van der Waals surface area contributed by atoms with E-state index in [1.165, 1.54) is 12.8 Å². The average Bonchev–Trinajstić information content (AvgIpc) is 2.93. The Morgan fingerprint density at radius 1 is 1.25 bits per heavy atom. The topological polar surface area (TPSA) is 66.0 Å². The first-order valence-corrected chi connectivity index (χ1v) is 8.75. The molecule has 1 rings (SSSR count). The fraction of sp³-hybridized carbons (Fsp3) is 0.882. The first-order valence-electron chi connectivity index (χ1n) is 8.75. The fourth-order valence-electron chi connectivity index (χ4n) is 2.42. The molecular weight excluding hydrogens is 419 g/mol. The van der Waals surface area contributed by atoms with Gasteiger partial charge in [-0.2, -0.15) is 0 Å². The molecular formula is C17H35IN4O2. The predicted octanol–water partition coefficient (Wildman–Crippen LogP) is 3.22. The van der Waals surface area contributed by atoms with E-state index >= 15 is 0 Å². The number of nitrogens with zero attached hydrogens (tertiary/aromatic N) is 2. The number of carbonyl (C=O) groups excluding carboxylic acids is 1. The third-order valence-electron chi connectivity index (χ3n) is 3.69. The number of hydrogen-bond acceptors (Lipinski definition) is 3. The van der Waals surface area contributed by atoms with E-state index in [9.17, 15) is 4.79 Å². The van der Waals surface area contributed by atoms with Crippen LogP contribution in [0.4, 0.5) is 4.79 Å². The van der Waals surface area contributed by atoms with Crippen LogP contribution in [0.1, 0.15) is 54.4 Å². The van der Waals surface area contributed by atoms with E-state index in [-0.39, 0.29) is 42.0 Å². The second-order valence-corrected chi connectivity index (χ2v) is 7.39. The lowest BCUT2D eigenvalue weighted by Gasteiger charge is -2.26. The molecule has 0 bridgehead atoms. The van der Waals surface area contributed by atoms with Gasteiger partial charge >= 0.3 is 6.09 Å². The summed E-state index contributed by atoms with van der Waals surface area (Å²) < 4.78 is 5.35. The van der Waals surface area contributed by atoms with Crippen LogP contribution in [0, 0.1) is 5.92 Å². The number of ether oxygens (including phenoxy) is 1. The minimum atomic E-state index is -0.487. The first-order chi connectivity index (χ1) is 10.7. The van der Waals surface area contributed by atoms with Crippen LogP contribution in [0.25, 0.3) is 0 Å². The quantitative estimate of drug-likeness (QED) is 0.381. The van der Waals surface area contributed by atoms with Gasteiger partial charge in [0, 0.05) is 19.6 Å². The minimum Gasteiger partial charge on any atom is -0.444 e. The third-order valence-corrected chi connectivity index (χ3v) is 3.69. The maximum atomic E-state index is 12.0. The summed E-state index contributed by atoms with van der Waals surface area (Å²) in [7, 11) is 0. The minimum absolute atomic E-state index is 0. The molecule has 1 aliphatic heterocycles. The summed E-state index contributed by atoms with van der Waals surface area (Å²) in [6.45, 7) is 15.3. The van der Waals surface area contributed by atoms with Gasteiger partial charge in [-0.15, -0.1) is 24.0 Å². The zero-order chi connectivity index (χ0) is 17.5. The molecule has 6 nitrogen and oxygen atoms in total. The van der Waals surface area contributed by atoms with Crippen LogP contribution in [-0.2, 0) is 4.74 Å². The van der Waals surface area contributed by atoms with Gasteiger partial charge in [-0.1, -0.05) is 13.8 Å². The number of aliphatic imine (C=N–C) groups is 1. The Morgan fingerprint density at radius 2 is 1.83 bits per heavy atom. The highest BCUT2D eigenvalue weighted by Gasteiger charge is 2.22. The summed E-state index contributed by atoms with van der Waals surface area (Å²) in [6.07, 6.45) is 2.06. The Kier molecular flexibility index (Phi) is 10.7. The van der Waals surface area contributed by atoms with E-state index in [2.05, 4.69) is 36.3 Å². The highest BCUT2D eigenvalue weighted by Crippen LogP contribution is 2.10. The third kappa shape index (κ3) is 8.94. The van der Waals surface area contributed by atoms with Crippen molar-refractivity contribution in [3.63, 3.8) is 0 Å². The molecule has 24 heavy (non-hydrogen) atoms. The van der Waals surface area contributed by atoms with Crippen LogP contribution in [0.15, 0.2) is 4.99 Å². The van der Waals surface area contributed by atoms with Gasteiger partial charge in [-0.05, 0) is 46.5 Å². The standard InChI is InChI=1S/C17H34N4O2.HI/c1-7-18-15(21-10-8-9-11-21)19-12-14(13(2)3)20-16(22)23-17(4,5)6;/h13-14H,7-12H2,1-6H3,(H,18,19)(H,20,22);1H. The molecule has 1 atom stereocenters. The molecule has 0 spiro atoms. The number of hydrogen-bond donors (Lipinski definition) is 2. The number of likely N-dealkylation sites (tertiary alicyclic amines) is 1. The highest BCUT2D eigenvalue weighted by molar-refractivity contribution is 14.0. The smallest absolute Gasteiger partial charge is 0.407 e. The van der Waals surface area contributed by atoms with Gasteiger partial charge in [0.05, 0.1) is 12.6 Å². The molecule has 142 valence electrons. The number of guanidine groups is 1. The van der Waals surface area contributed by atoms with Crippen molar-refractivity contribution in [3.05, 3.63) is 0 Å². The Bertz CT molecular complexity index is 402. The van der Waals surface area contributed by atoms with Gasteiger partial charge in [0.2, 0.25) is 0 Å². The van der Waals surface area contributed by atoms with Gasteiger partial charge < -0.3 is 20.3 Å². The number of alkyl carbamates (subject to hydrolysis) is 1. The summed E-state index contributed by atoms with van der Waals surface area (Å²) in [5.74, 6) is 1.23. The fourth-order valence-corrected chi connectivity index (χ4v) is 2.42. The van der Waals surface area contributed by atoms with Crippen molar-refractivity contribution < 1.29 is 9.53 Å². The average molecular weight is 454 g/mol. The zero-order valence-corrected chi connectivity index (χ0v) is 18.3. The van der Waals surface area contributed by atoms with Crippen LogP contribution in [-0.4, -0.2) is 54.8 Å². The molecule has 0 aromatic rings. The Balaban J connectivity index is 0.00000529. The molecule has 0 aliphatic carbocycles. The zero-order valence-electron chi connectivity index (χ0n) is 16.0. The molecule has 0 aromatic carbocycles. The van der Waals surface area contributed by atoms with Crippen molar-refractivity contribution in [2.45, 2.75) is 66.0 Å². The monoisotopic (exact) mass is 454 g/mol. The lowest BCUT2D eigenvalue weighted by Crippen LogP contribution is -2.45. The van der Waals surface area contributed by atoms with E-state index in [1.807, 2.05) is 20.8 Å². The SMILES string of the molecule is CCNC(=NCC(NC(=O)OC(C)(C)C)C(C)C)N1CCCC1.I. The van der Waals surface area contributed by atoms with Crippen LogP contribution >= 0.6 is 24.0 Å². The van der Waals surface area contributed by atoms with Crippen LogP contribution < -0.4 is 10.6 Å². The number of halogens is 1. The van der Waals surface area contributed by atoms with Crippen molar-refractivity contribution in [3.8, 4) is 0 Å². The van der Waals surface area contributed by atoms with E-state index in [0.717, 1.165) is 25.6 Å². The molecule has 1 amide bonds. The van der Waals surface area contributed by atoms with E-state index in [0.29, 0.717) is 6.54 Å². The van der Waals surface area contributed by atoms with Crippen molar-refractivity contribution in [2.24, 2.45) is 10.9 Å². The Hall–Kier alpha value is -0.730. The maximum absolute atomic E-state index is 12.0. The summed E-state index contributed by atoms with van der Waals surface area (Å²) in [6, 6.07) is -0.0406. The molecule has 0 saturated carbocycles. The van der Waals surface area contributed by atoms with E-state index in [1.54, 1.807) is 0 Å². The second kappa shape index (κ2) is 11.0. The van der Waals surface area contributed by atoms with Gasteiger partial charge in [-0.25, -0.2) is 4.79 Å². The van der Waals surface area contributed by atoms with Crippen molar-refractivity contribution in [1.29, 1.82) is 0 Å². The molecule has 1 fully saturated rings. The lowest BCUT2D eigenvalue weighted by atomic mass is 10.1. The normalized spacial score (nSPS) is 16.6. The molecule has 0 radical (unpaired) electrons. The summed E-state index contributed by atoms with van der Waals surface area (Å²) in [5.41, 5.74) is -0.487. The number of carbonyl (C=O) groups is 1. The number of amides is 1. The lowest BCUT2D eigenvalue weighted by molar-refractivity contribution is 0.0493. The second-order valence-electron chi connectivity index (χ2n) is 7.39. The number of rotatable bonds is 5. The molecule has 0 aromatic heterocycles. The van der Waals surface area contributed by atoms with Crippen LogP contribution in [0.5, 0.6) is 0 Å². The summed E-state index contributed by atoms with van der Waals surface area (Å²) in [5, 5.41) is 6.29. The first kappa shape index (κ1) is 23.3. The predicted molar refractivity (Wildman–Crippen MR) is 110 cm³/mol.